The summed E-state index contributed by atoms with van der Waals surface area (Å²) in [6.07, 6.45) is 0.229. The van der Waals surface area contributed by atoms with E-state index >= 15 is 0 Å². The number of aliphatic hydroxyl groups is 1. The minimum atomic E-state index is -3.74. The molecule has 0 bridgehead atoms. The number of hydrogen-bond acceptors (Lipinski definition) is 3. The molecule has 0 aliphatic rings. The number of benzene rings is 1. The summed E-state index contributed by atoms with van der Waals surface area (Å²) in [7, 11) is -3.74. The second kappa shape index (κ2) is 7.24. The van der Waals surface area contributed by atoms with Gasteiger partial charge in [-0.2, -0.15) is 13.1 Å². The summed E-state index contributed by atoms with van der Waals surface area (Å²) in [6, 6.07) is 3.32. The van der Waals surface area contributed by atoms with E-state index in [4.69, 9.17) is 5.11 Å². The molecule has 0 saturated heterocycles. The van der Waals surface area contributed by atoms with Gasteiger partial charge in [-0.15, -0.1) is 0 Å². The summed E-state index contributed by atoms with van der Waals surface area (Å²) < 4.78 is 41.4. The highest BCUT2D eigenvalue weighted by Crippen LogP contribution is 2.17. The van der Waals surface area contributed by atoms with Gasteiger partial charge in [0.2, 0.25) is 0 Å². The lowest BCUT2D eigenvalue weighted by Crippen LogP contribution is -2.35. The third-order valence-corrected chi connectivity index (χ3v) is 3.35. The fraction of sp³-hybridized carbons (Fsp3) is 0.385. The molecule has 0 aliphatic heterocycles. The van der Waals surface area contributed by atoms with E-state index in [1.54, 1.807) is 13.8 Å². The standard InChI is InChI=1S/C13H17FN2O3S/c1-10(2)15-20(18,19)16-13-7-6-12(14)9-11(13)5-3-4-8-17/h6-7,9-10,15-17H,4,8H2,1-2H3. The van der Waals surface area contributed by atoms with Crippen molar-refractivity contribution in [2.45, 2.75) is 26.3 Å². The maximum atomic E-state index is 13.2. The van der Waals surface area contributed by atoms with Crippen LogP contribution in [0.3, 0.4) is 0 Å². The van der Waals surface area contributed by atoms with E-state index in [9.17, 15) is 12.8 Å². The normalized spacial score (nSPS) is 11.1. The van der Waals surface area contributed by atoms with Crippen LogP contribution in [-0.4, -0.2) is 26.2 Å². The molecule has 0 atom stereocenters. The number of rotatable bonds is 5. The van der Waals surface area contributed by atoms with Crippen molar-refractivity contribution in [3.63, 3.8) is 0 Å². The molecule has 0 fully saturated rings. The lowest BCUT2D eigenvalue weighted by molar-refractivity contribution is 0.305. The van der Waals surface area contributed by atoms with E-state index in [1.165, 1.54) is 6.07 Å². The molecule has 7 heteroatoms. The summed E-state index contributed by atoms with van der Waals surface area (Å²) in [5.41, 5.74) is 0.401. The van der Waals surface area contributed by atoms with Gasteiger partial charge in [-0.05, 0) is 32.0 Å². The second-order valence-corrected chi connectivity index (χ2v) is 5.79. The highest BCUT2D eigenvalue weighted by Gasteiger charge is 2.13. The minimum absolute atomic E-state index is 0.113. The minimum Gasteiger partial charge on any atom is -0.395 e. The molecule has 0 saturated carbocycles. The molecule has 0 heterocycles. The van der Waals surface area contributed by atoms with Crippen molar-refractivity contribution in [1.29, 1.82) is 0 Å². The number of aliphatic hydroxyl groups excluding tert-OH is 1. The van der Waals surface area contributed by atoms with Crippen molar-refractivity contribution < 1.29 is 17.9 Å². The molecule has 0 amide bonds. The number of halogens is 1. The van der Waals surface area contributed by atoms with Gasteiger partial charge in [0.15, 0.2) is 0 Å². The Labute approximate surface area is 118 Å². The van der Waals surface area contributed by atoms with Gasteiger partial charge in [0.1, 0.15) is 5.82 Å². The zero-order valence-electron chi connectivity index (χ0n) is 11.3. The lowest BCUT2D eigenvalue weighted by Gasteiger charge is -2.12. The Morgan fingerprint density at radius 3 is 2.70 bits per heavy atom. The van der Waals surface area contributed by atoms with Crippen LogP contribution in [-0.2, 0) is 10.2 Å². The Balaban J connectivity index is 3.04. The fourth-order valence-electron chi connectivity index (χ4n) is 1.41. The quantitative estimate of drug-likeness (QED) is 0.715. The molecule has 0 unspecified atom stereocenters. The molecular formula is C13H17FN2O3S. The molecule has 0 aliphatic carbocycles. The first-order valence-electron chi connectivity index (χ1n) is 6.03. The van der Waals surface area contributed by atoms with Crippen molar-refractivity contribution in [3.8, 4) is 11.8 Å². The molecule has 20 heavy (non-hydrogen) atoms. The Hall–Kier alpha value is -1.62. The number of nitrogens with one attached hydrogen (secondary N) is 2. The molecule has 0 radical (unpaired) electrons. The second-order valence-electron chi connectivity index (χ2n) is 4.34. The molecule has 1 aromatic carbocycles. The molecule has 1 rings (SSSR count). The van der Waals surface area contributed by atoms with Crippen LogP contribution in [0, 0.1) is 17.7 Å². The van der Waals surface area contributed by atoms with E-state index in [0.29, 0.717) is 0 Å². The van der Waals surface area contributed by atoms with Gasteiger partial charge >= 0.3 is 0 Å². The average molecular weight is 300 g/mol. The van der Waals surface area contributed by atoms with E-state index in [2.05, 4.69) is 21.3 Å². The lowest BCUT2D eigenvalue weighted by atomic mass is 10.2. The van der Waals surface area contributed by atoms with Gasteiger partial charge in [-0.25, -0.2) is 4.39 Å². The first kappa shape index (κ1) is 16.4. The van der Waals surface area contributed by atoms with E-state index in [0.717, 1.165) is 12.1 Å². The molecule has 0 spiro atoms. The molecular weight excluding hydrogens is 283 g/mol. The first-order valence-corrected chi connectivity index (χ1v) is 7.51. The van der Waals surface area contributed by atoms with Crippen molar-refractivity contribution in [2.75, 3.05) is 11.3 Å². The van der Waals surface area contributed by atoms with Crippen LogP contribution in [0.15, 0.2) is 18.2 Å². The van der Waals surface area contributed by atoms with Crippen LogP contribution < -0.4 is 9.44 Å². The average Bonchev–Trinajstić information content (AvgIpc) is 2.31. The highest BCUT2D eigenvalue weighted by molar-refractivity contribution is 7.90. The molecule has 1 aromatic rings. The van der Waals surface area contributed by atoms with Gasteiger partial charge in [-0.1, -0.05) is 11.8 Å². The van der Waals surface area contributed by atoms with Crippen LogP contribution in [0.1, 0.15) is 25.8 Å². The summed E-state index contributed by atoms with van der Waals surface area (Å²) in [5, 5.41) is 8.66. The van der Waals surface area contributed by atoms with Crippen LogP contribution in [0.4, 0.5) is 10.1 Å². The van der Waals surface area contributed by atoms with E-state index in [-0.39, 0.29) is 30.3 Å². The molecule has 5 nitrogen and oxygen atoms in total. The van der Waals surface area contributed by atoms with Gasteiger partial charge in [0.05, 0.1) is 17.9 Å². The third kappa shape index (κ3) is 5.57. The van der Waals surface area contributed by atoms with Crippen molar-refractivity contribution >= 4 is 15.9 Å². The molecule has 0 aromatic heterocycles. The predicted molar refractivity (Wildman–Crippen MR) is 75.8 cm³/mol. The zero-order valence-corrected chi connectivity index (χ0v) is 12.1. The Kier molecular flexibility index (Phi) is 5.95. The summed E-state index contributed by atoms with van der Waals surface area (Å²) in [4.78, 5) is 0. The zero-order chi connectivity index (χ0) is 15.2. The third-order valence-electron chi connectivity index (χ3n) is 2.08. The smallest absolute Gasteiger partial charge is 0.299 e. The maximum Gasteiger partial charge on any atom is 0.299 e. The van der Waals surface area contributed by atoms with Gasteiger partial charge in [0, 0.05) is 12.5 Å². The van der Waals surface area contributed by atoms with Crippen LogP contribution in [0.5, 0.6) is 0 Å². The van der Waals surface area contributed by atoms with Gasteiger partial charge in [-0.3, -0.25) is 4.72 Å². The van der Waals surface area contributed by atoms with Gasteiger partial charge < -0.3 is 5.11 Å². The first-order chi connectivity index (χ1) is 9.34. The Morgan fingerprint density at radius 1 is 1.40 bits per heavy atom. The highest BCUT2D eigenvalue weighted by atomic mass is 32.2. The van der Waals surface area contributed by atoms with Crippen molar-refractivity contribution in [2.24, 2.45) is 0 Å². The van der Waals surface area contributed by atoms with Crippen molar-refractivity contribution in [3.05, 3.63) is 29.6 Å². The van der Waals surface area contributed by atoms with Crippen LogP contribution in [0.25, 0.3) is 0 Å². The molecule has 3 N–H and O–H groups in total. The van der Waals surface area contributed by atoms with Gasteiger partial charge in [0.25, 0.3) is 10.2 Å². The monoisotopic (exact) mass is 300 g/mol. The van der Waals surface area contributed by atoms with Crippen LogP contribution >= 0.6 is 0 Å². The topological polar surface area (TPSA) is 78.4 Å². The Morgan fingerprint density at radius 2 is 2.10 bits per heavy atom. The molecule has 110 valence electrons. The maximum absolute atomic E-state index is 13.2. The summed E-state index contributed by atoms with van der Waals surface area (Å²) in [5.74, 6) is 4.73. The summed E-state index contributed by atoms with van der Waals surface area (Å²) >= 11 is 0. The van der Waals surface area contributed by atoms with Crippen molar-refractivity contribution in [1.82, 2.24) is 4.72 Å². The number of anilines is 1. The Bertz CT molecular complexity index is 618. The largest absolute Gasteiger partial charge is 0.395 e. The van der Waals surface area contributed by atoms with Crippen LogP contribution in [0.2, 0.25) is 0 Å². The SMILES string of the molecule is CC(C)NS(=O)(=O)Nc1ccc(F)cc1C#CCCO. The number of hydrogen-bond donors (Lipinski definition) is 3. The van der Waals surface area contributed by atoms with E-state index in [1.807, 2.05) is 0 Å². The summed E-state index contributed by atoms with van der Waals surface area (Å²) in [6.45, 7) is 3.26. The fourth-order valence-corrected chi connectivity index (χ4v) is 2.55. The van der Waals surface area contributed by atoms with E-state index < -0.39 is 16.0 Å². The predicted octanol–water partition coefficient (Wildman–Crippen LogP) is 1.21.